The Morgan fingerprint density at radius 2 is 1.96 bits per heavy atom. The van der Waals surface area contributed by atoms with E-state index in [-0.39, 0.29) is 11.9 Å². The van der Waals surface area contributed by atoms with Gasteiger partial charge in [-0.2, -0.15) is 13.2 Å². The van der Waals surface area contributed by atoms with E-state index >= 15 is 0 Å². The maximum Gasteiger partial charge on any atom is 0.417 e. The topological polar surface area (TPSA) is 45.2 Å². The van der Waals surface area contributed by atoms with Gasteiger partial charge in [0.2, 0.25) is 5.91 Å². The number of alkyl halides is 3. The number of carbonyl (C=O) groups excluding carboxylic acids is 1. The van der Waals surface area contributed by atoms with Crippen LogP contribution < -0.4 is 10.2 Å². The predicted octanol–water partition coefficient (Wildman–Crippen LogP) is 4.16. The third kappa shape index (κ3) is 5.23. The number of carbonyl (C=O) groups is 1. The van der Waals surface area contributed by atoms with E-state index in [1.807, 2.05) is 4.90 Å². The number of amides is 1. The number of nitrogens with zero attached hydrogens (tertiary/aromatic N) is 2. The van der Waals surface area contributed by atoms with Crippen LogP contribution in [0.25, 0.3) is 6.08 Å². The number of pyridine rings is 1. The van der Waals surface area contributed by atoms with Crippen molar-refractivity contribution < 1.29 is 18.0 Å². The molecule has 1 saturated heterocycles. The minimum absolute atomic E-state index is 0.0866. The highest BCUT2D eigenvalue weighted by molar-refractivity contribution is 6.30. The zero-order valence-corrected chi connectivity index (χ0v) is 15.0. The molecule has 1 aliphatic rings. The Morgan fingerprint density at radius 1 is 1.22 bits per heavy atom. The molecular formula is C19H17ClF3N3O. The molecule has 1 amide bonds. The van der Waals surface area contributed by atoms with Crippen molar-refractivity contribution in [2.24, 2.45) is 0 Å². The molecule has 1 unspecified atom stereocenters. The number of halogens is 4. The van der Waals surface area contributed by atoms with E-state index in [0.29, 0.717) is 30.4 Å². The minimum atomic E-state index is -4.40. The summed E-state index contributed by atoms with van der Waals surface area (Å²) in [7, 11) is 0. The summed E-state index contributed by atoms with van der Waals surface area (Å²) in [5.74, 6) is 0.244. The molecule has 0 radical (unpaired) electrons. The Kier molecular flexibility index (Phi) is 5.70. The quantitative estimate of drug-likeness (QED) is 0.790. The van der Waals surface area contributed by atoms with E-state index in [0.717, 1.165) is 17.8 Å². The highest BCUT2D eigenvalue weighted by Gasteiger charge is 2.31. The molecule has 1 fully saturated rings. The van der Waals surface area contributed by atoms with E-state index < -0.39 is 11.7 Å². The van der Waals surface area contributed by atoms with Crippen LogP contribution in [0.3, 0.4) is 0 Å². The molecule has 4 nitrogen and oxygen atoms in total. The smallest absolute Gasteiger partial charge is 0.354 e. The summed E-state index contributed by atoms with van der Waals surface area (Å²) < 4.78 is 37.8. The first-order chi connectivity index (χ1) is 12.8. The summed E-state index contributed by atoms with van der Waals surface area (Å²) >= 11 is 5.81. The molecule has 3 rings (SSSR count). The molecule has 1 atom stereocenters. The average molecular weight is 396 g/mol. The number of hydrogen-bond donors (Lipinski definition) is 1. The lowest BCUT2D eigenvalue weighted by Crippen LogP contribution is -2.36. The first kappa shape index (κ1) is 19.2. The summed E-state index contributed by atoms with van der Waals surface area (Å²) in [5.41, 5.74) is 0.0826. The van der Waals surface area contributed by atoms with Crippen LogP contribution in [0.1, 0.15) is 17.5 Å². The van der Waals surface area contributed by atoms with Crippen LogP contribution in [-0.4, -0.2) is 30.0 Å². The molecule has 1 N–H and O–H groups in total. The Hall–Kier alpha value is -2.54. The fourth-order valence-electron chi connectivity index (χ4n) is 2.82. The molecular weight excluding hydrogens is 379 g/mol. The van der Waals surface area contributed by atoms with Gasteiger partial charge in [0, 0.05) is 36.4 Å². The van der Waals surface area contributed by atoms with Crippen LogP contribution in [-0.2, 0) is 11.0 Å². The lowest BCUT2D eigenvalue weighted by Gasteiger charge is -2.18. The van der Waals surface area contributed by atoms with Crippen molar-refractivity contribution in [1.29, 1.82) is 0 Å². The Bertz CT molecular complexity index is 820. The van der Waals surface area contributed by atoms with Gasteiger partial charge in [0.1, 0.15) is 5.82 Å². The average Bonchev–Trinajstić information content (AvgIpc) is 3.09. The molecule has 0 bridgehead atoms. The van der Waals surface area contributed by atoms with Gasteiger partial charge in [0.25, 0.3) is 0 Å². The van der Waals surface area contributed by atoms with E-state index in [1.165, 1.54) is 12.1 Å². The van der Waals surface area contributed by atoms with E-state index in [4.69, 9.17) is 11.6 Å². The fourth-order valence-corrected chi connectivity index (χ4v) is 2.95. The first-order valence-electron chi connectivity index (χ1n) is 8.33. The number of anilines is 1. The highest BCUT2D eigenvalue weighted by Crippen LogP contribution is 2.29. The molecule has 8 heteroatoms. The molecule has 2 heterocycles. The molecule has 0 spiro atoms. The summed E-state index contributed by atoms with van der Waals surface area (Å²) in [6.45, 7) is 1.11. The first-order valence-corrected chi connectivity index (χ1v) is 8.71. The Labute approximate surface area is 159 Å². The van der Waals surface area contributed by atoms with Gasteiger partial charge in [-0.05, 0) is 42.3 Å². The van der Waals surface area contributed by atoms with Crippen molar-refractivity contribution in [1.82, 2.24) is 10.3 Å². The molecule has 2 aromatic rings. The molecule has 142 valence electrons. The number of hydrogen-bond acceptors (Lipinski definition) is 3. The molecule has 0 aliphatic carbocycles. The zero-order chi connectivity index (χ0) is 19.4. The van der Waals surface area contributed by atoms with E-state index in [1.54, 1.807) is 30.3 Å². The van der Waals surface area contributed by atoms with Crippen molar-refractivity contribution >= 4 is 29.4 Å². The van der Waals surface area contributed by atoms with Crippen molar-refractivity contribution in [3.05, 3.63) is 64.8 Å². The van der Waals surface area contributed by atoms with Crippen LogP contribution in [0.2, 0.25) is 5.02 Å². The minimum Gasteiger partial charge on any atom is -0.354 e. The molecule has 1 aromatic heterocycles. The number of nitrogens with one attached hydrogen (secondary N) is 1. The molecule has 1 aromatic carbocycles. The largest absolute Gasteiger partial charge is 0.417 e. The van der Waals surface area contributed by atoms with Gasteiger partial charge in [0.05, 0.1) is 5.56 Å². The van der Waals surface area contributed by atoms with Gasteiger partial charge in [-0.1, -0.05) is 23.7 Å². The summed E-state index contributed by atoms with van der Waals surface area (Å²) in [5, 5.41) is 3.52. The molecule has 1 aliphatic heterocycles. The van der Waals surface area contributed by atoms with Crippen LogP contribution in [0.4, 0.5) is 19.0 Å². The van der Waals surface area contributed by atoms with Crippen LogP contribution in [0, 0.1) is 0 Å². The number of aromatic nitrogens is 1. The maximum absolute atomic E-state index is 12.6. The standard InChI is InChI=1S/C19H17ClF3N3O/c20-15-5-1-13(2-6-15)3-8-18(27)25-16-9-10-26(12-16)17-7-4-14(11-24-17)19(21,22)23/h1-8,11,16H,9-10,12H2,(H,25,27)/b8-3+. The van der Waals surface area contributed by atoms with Crippen molar-refractivity contribution in [3.8, 4) is 0 Å². The van der Waals surface area contributed by atoms with Crippen LogP contribution in [0.5, 0.6) is 0 Å². The molecule has 27 heavy (non-hydrogen) atoms. The van der Waals surface area contributed by atoms with Gasteiger partial charge in [-0.3, -0.25) is 4.79 Å². The Morgan fingerprint density at radius 3 is 2.59 bits per heavy atom. The lowest BCUT2D eigenvalue weighted by atomic mass is 10.2. The third-order valence-corrected chi connectivity index (χ3v) is 4.48. The second-order valence-corrected chi connectivity index (χ2v) is 6.66. The SMILES string of the molecule is O=C(/C=C/c1ccc(Cl)cc1)NC1CCN(c2ccc(C(F)(F)F)cn2)C1. The lowest BCUT2D eigenvalue weighted by molar-refractivity contribution is -0.137. The third-order valence-electron chi connectivity index (χ3n) is 4.23. The summed E-state index contributed by atoms with van der Waals surface area (Å²) in [6, 6.07) is 9.38. The molecule has 0 saturated carbocycles. The fraction of sp³-hybridized carbons (Fsp3) is 0.263. The van der Waals surface area contributed by atoms with E-state index in [2.05, 4.69) is 10.3 Å². The monoisotopic (exact) mass is 395 g/mol. The Balaban J connectivity index is 1.53. The summed E-state index contributed by atoms with van der Waals surface area (Å²) in [4.78, 5) is 17.8. The van der Waals surface area contributed by atoms with Crippen LogP contribution >= 0.6 is 11.6 Å². The van der Waals surface area contributed by atoms with Crippen molar-refractivity contribution in [3.63, 3.8) is 0 Å². The number of rotatable bonds is 4. The van der Waals surface area contributed by atoms with Crippen molar-refractivity contribution in [2.75, 3.05) is 18.0 Å². The second-order valence-electron chi connectivity index (χ2n) is 6.23. The normalized spacial score (nSPS) is 17.5. The van der Waals surface area contributed by atoms with Crippen molar-refractivity contribution in [2.45, 2.75) is 18.6 Å². The van der Waals surface area contributed by atoms with Gasteiger partial charge in [-0.15, -0.1) is 0 Å². The van der Waals surface area contributed by atoms with Gasteiger partial charge >= 0.3 is 6.18 Å². The summed E-state index contributed by atoms with van der Waals surface area (Å²) in [6.07, 6.45) is 0.265. The van der Waals surface area contributed by atoms with E-state index in [9.17, 15) is 18.0 Å². The highest BCUT2D eigenvalue weighted by atomic mass is 35.5. The number of benzene rings is 1. The predicted molar refractivity (Wildman–Crippen MR) is 98.5 cm³/mol. The zero-order valence-electron chi connectivity index (χ0n) is 14.2. The second kappa shape index (κ2) is 8.00. The van der Waals surface area contributed by atoms with Gasteiger partial charge in [-0.25, -0.2) is 4.98 Å². The maximum atomic E-state index is 12.6. The van der Waals surface area contributed by atoms with Gasteiger partial charge in [0.15, 0.2) is 0 Å². The van der Waals surface area contributed by atoms with Crippen LogP contribution in [0.15, 0.2) is 48.7 Å². The van der Waals surface area contributed by atoms with Gasteiger partial charge < -0.3 is 10.2 Å².